The fourth-order valence-electron chi connectivity index (χ4n) is 5.96. The zero-order chi connectivity index (χ0) is 31.8. The zero-order valence-electron chi connectivity index (χ0n) is 24.5. The second-order valence-corrected chi connectivity index (χ2v) is 12.7. The molecule has 0 bridgehead atoms. The minimum Gasteiger partial charge on any atom is -0.494 e. The summed E-state index contributed by atoms with van der Waals surface area (Å²) in [5.41, 5.74) is 3.82. The van der Waals surface area contributed by atoms with Crippen LogP contribution in [0.25, 0.3) is 22.2 Å². The second-order valence-electron chi connectivity index (χ2n) is 12.3. The van der Waals surface area contributed by atoms with Crippen molar-refractivity contribution in [2.24, 2.45) is 11.7 Å². The van der Waals surface area contributed by atoms with E-state index < -0.39 is 39.5 Å². The average molecular weight is 638 g/mol. The molecular weight excluding hydrogens is 608 g/mol. The van der Waals surface area contributed by atoms with Gasteiger partial charge in [-0.3, -0.25) is 14.3 Å². The van der Waals surface area contributed by atoms with Crippen LogP contribution in [0.5, 0.6) is 11.5 Å². The van der Waals surface area contributed by atoms with E-state index in [0.717, 1.165) is 24.3 Å². The Kier molecular flexibility index (Phi) is 6.79. The van der Waals surface area contributed by atoms with E-state index in [1.807, 2.05) is 10.9 Å². The molecule has 13 heteroatoms. The highest BCUT2D eigenvalue weighted by atomic mass is 35.5. The predicted octanol–water partition coefficient (Wildman–Crippen LogP) is 4.54. The number of benzene rings is 2. The third-order valence-corrected chi connectivity index (χ3v) is 9.46. The number of rotatable bonds is 9. The topological polar surface area (TPSA) is 142 Å². The summed E-state index contributed by atoms with van der Waals surface area (Å²) < 4.78 is 42.7. The van der Waals surface area contributed by atoms with Crippen molar-refractivity contribution >= 4 is 34.3 Å². The van der Waals surface area contributed by atoms with Crippen LogP contribution >= 0.6 is 11.6 Å². The number of nitrogens with two attached hydrogens (primary N) is 1. The number of hydrogen-bond acceptors (Lipinski definition) is 7. The number of nitrogens with one attached hydrogen (secondary N) is 1. The Morgan fingerprint density at radius 3 is 2.67 bits per heavy atom. The largest absolute Gasteiger partial charge is 0.494 e. The maximum Gasteiger partial charge on any atom is 0.251 e. The number of nitrogens with zero attached hydrogens (tertiary/aromatic N) is 3. The molecule has 2 aromatic carbocycles. The Morgan fingerprint density at radius 1 is 1.24 bits per heavy atom. The minimum atomic E-state index is -1.72. The van der Waals surface area contributed by atoms with E-state index in [-0.39, 0.29) is 41.8 Å². The first-order valence-corrected chi connectivity index (χ1v) is 15.0. The number of carbonyl (C=O) groups is 2. The molecule has 2 aliphatic carbocycles. The molecule has 3 aliphatic rings. The third kappa shape index (κ3) is 4.78. The van der Waals surface area contributed by atoms with E-state index in [0.29, 0.717) is 41.3 Å². The first kappa shape index (κ1) is 29.4. The van der Waals surface area contributed by atoms with Crippen LogP contribution in [0, 0.1) is 17.6 Å². The second kappa shape index (κ2) is 10.4. The number of amides is 2. The first-order valence-electron chi connectivity index (χ1n) is 14.6. The quantitative estimate of drug-likeness (QED) is 0.229. The van der Waals surface area contributed by atoms with E-state index in [2.05, 4.69) is 15.4 Å². The van der Waals surface area contributed by atoms with Crippen LogP contribution in [-0.2, 0) is 15.8 Å². The van der Waals surface area contributed by atoms with Crippen molar-refractivity contribution in [2.45, 2.75) is 49.7 Å². The van der Waals surface area contributed by atoms with Crippen LogP contribution in [0.2, 0.25) is 5.02 Å². The smallest absolute Gasteiger partial charge is 0.251 e. The molecule has 1 aliphatic heterocycles. The zero-order valence-corrected chi connectivity index (χ0v) is 25.3. The van der Waals surface area contributed by atoms with E-state index in [1.165, 1.54) is 19.2 Å². The fraction of sp³-hybridized carbons (Fsp3) is 0.375. The number of hydrogen-bond donors (Lipinski definition) is 3. The molecule has 3 heterocycles. The summed E-state index contributed by atoms with van der Waals surface area (Å²) in [6.07, 6.45) is 5.27. The highest BCUT2D eigenvalue weighted by molar-refractivity contribution is 6.31. The number of pyridine rings is 1. The predicted molar refractivity (Wildman–Crippen MR) is 160 cm³/mol. The van der Waals surface area contributed by atoms with Gasteiger partial charge in [0.25, 0.3) is 5.91 Å². The lowest BCUT2D eigenvalue weighted by atomic mass is 9.81. The van der Waals surface area contributed by atoms with E-state index in [9.17, 15) is 19.1 Å². The molecule has 0 saturated heterocycles. The summed E-state index contributed by atoms with van der Waals surface area (Å²) in [4.78, 5) is 30.7. The number of fused-ring (bicyclic) bond motifs is 2. The van der Waals surface area contributed by atoms with Crippen LogP contribution < -0.4 is 20.5 Å². The third-order valence-electron chi connectivity index (χ3n) is 9.12. The van der Waals surface area contributed by atoms with Crippen molar-refractivity contribution in [1.29, 1.82) is 0 Å². The number of aliphatic hydroxyl groups is 1. The summed E-state index contributed by atoms with van der Waals surface area (Å²) >= 11 is 5.90. The van der Waals surface area contributed by atoms with E-state index >= 15 is 4.39 Å². The SMILES string of the molecule is COc1cc(C(=O)NCC(O)(c2cc3c(c(-c4ccc(F)c(Cl)c4F)n2)OC[C@]3(C)C(N)=O)C2CC2)cc2cn(C3CC3)nc12. The van der Waals surface area contributed by atoms with Crippen molar-refractivity contribution in [3.05, 3.63) is 70.0 Å². The van der Waals surface area contributed by atoms with Gasteiger partial charge in [-0.05, 0) is 68.9 Å². The van der Waals surface area contributed by atoms with Crippen molar-refractivity contribution in [3.8, 4) is 22.8 Å². The average Bonchev–Trinajstić information content (AvgIpc) is 3.97. The van der Waals surface area contributed by atoms with E-state index in [1.54, 1.807) is 19.1 Å². The molecule has 1 unspecified atom stereocenters. The maximum absolute atomic E-state index is 15.3. The molecule has 2 amide bonds. The van der Waals surface area contributed by atoms with Gasteiger partial charge in [-0.1, -0.05) is 11.6 Å². The molecule has 45 heavy (non-hydrogen) atoms. The van der Waals surface area contributed by atoms with Gasteiger partial charge in [0.2, 0.25) is 5.91 Å². The highest BCUT2D eigenvalue weighted by Gasteiger charge is 2.50. The molecule has 4 aromatic rings. The van der Waals surface area contributed by atoms with Crippen LogP contribution in [-0.4, -0.2) is 51.9 Å². The number of ether oxygens (including phenoxy) is 2. The van der Waals surface area contributed by atoms with Gasteiger partial charge in [0.05, 0.1) is 25.4 Å². The van der Waals surface area contributed by atoms with Crippen LogP contribution in [0.4, 0.5) is 8.78 Å². The molecule has 7 rings (SSSR count). The summed E-state index contributed by atoms with van der Waals surface area (Å²) in [6.45, 7) is 1.19. The molecule has 4 N–H and O–H groups in total. The van der Waals surface area contributed by atoms with E-state index in [4.69, 9.17) is 26.8 Å². The normalized spacial score (nSPS) is 20.4. The number of carbonyl (C=O) groups excluding carboxylic acids is 2. The highest BCUT2D eigenvalue weighted by Crippen LogP contribution is 2.50. The Hall–Kier alpha value is -4.29. The number of halogens is 3. The molecule has 2 aromatic heterocycles. The lowest BCUT2D eigenvalue weighted by Gasteiger charge is -2.30. The molecule has 0 radical (unpaired) electrons. The van der Waals surface area contributed by atoms with Crippen molar-refractivity contribution in [2.75, 3.05) is 20.3 Å². The summed E-state index contributed by atoms with van der Waals surface area (Å²) in [5, 5.41) is 19.7. The van der Waals surface area contributed by atoms with Gasteiger partial charge in [-0.15, -0.1) is 0 Å². The summed E-state index contributed by atoms with van der Waals surface area (Å²) in [5.74, 6) is -2.95. The van der Waals surface area contributed by atoms with Gasteiger partial charge in [0.1, 0.15) is 51.2 Å². The van der Waals surface area contributed by atoms with Gasteiger partial charge >= 0.3 is 0 Å². The number of aromatic nitrogens is 3. The fourth-order valence-corrected chi connectivity index (χ4v) is 6.12. The Bertz CT molecular complexity index is 1910. The lowest BCUT2D eigenvalue weighted by molar-refractivity contribution is -0.123. The number of methoxy groups -OCH3 is 1. The van der Waals surface area contributed by atoms with Gasteiger partial charge < -0.3 is 25.6 Å². The Balaban J connectivity index is 1.27. The molecule has 234 valence electrons. The van der Waals surface area contributed by atoms with Gasteiger partial charge in [-0.25, -0.2) is 13.8 Å². The molecule has 10 nitrogen and oxygen atoms in total. The van der Waals surface area contributed by atoms with Gasteiger partial charge in [-0.2, -0.15) is 5.10 Å². The molecule has 2 fully saturated rings. The number of primary amides is 1. The summed E-state index contributed by atoms with van der Waals surface area (Å²) in [6, 6.07) is 7.35. The van der Waals surface area contributed by atoms with Crippen molar-refractivity contribution < 1.29 is 33.0 Å². The van der Waals surface area contributed by atoms with Crippen LogP contribution in [0.15, 0.2) is 36.5 Å². The van der Waals surface area contributed by atoms with Crippen molar-refractivity contribution in [1.82, 2.24) is 20.1 Å². The monoisotopic (exact) mass is 637 g/mol. The summed E-state index contributed by atoms with van der Waals surface area (Å²) in [7, 11) is 1.51. The molecule has 2 saturated carbocycles. The molecular formula is C32H30ClF2N5O5. The molecule has 2 atom stereocenters. The van der Waals surface area contributed by atoms with Crippen LogP contribution in [0.1, 0.15) is 60.3 Å². The van der Waals surface area contributed by atoms with Gasteiger partial charge in [0.15, 0.2) is 5.82 Å². The Labute approximate surface area is 261 Å². The maximum atomic E-state index is 15.3. The van der Waals surface area contributed by atoms with Gasteiger partial charge in [0, 0.05) is 28.3 Å². The first-order chi connectivity index (χ1) is 21.4. The molecule has 0 spiro atoms. The standard InChI is InChI=1S/C32H30ClF2N5O5/c1-31(30(36)42)14-45-28-20(31)11-23(38-27(28)19-7-8-21(34)24(33)25(19)35)32(43,17-3-4-17)13-37-29(41)15-9-16-12-40(18-5-6-18)39-26(16)22(10-15)44-2/h7-12,17-18,43H,3-6,13-14H2,1-2H3,(H2,36,42)(H,37,41)/t31-,32?/m0/s1. The Morgan fingerprint density at radius 2 is 2.00 bits per heavy atom. The van der Waals surface area contributed by atoms with Crippen molar-refractivity contribution in [3.63, 3.8) is 0 Å². The minimum absolute atomic E-state index is 0.0693. The lowest BCUT2D eigenvalue weighted by Crippen LogP contribution is -2.44. The van der Waals surface area contributed by atoms with Crippen LogP contribution in [0.3, 0.4) is 0 Å².